The molecule has 0 heterocycles. The van der Waals surface area contributed by atoms with Crippen molar-refractivity contribution in [3.8, 4) is 0 Å². The van der Waals surface area contributed by atoms with Crippen molar-refractivity contribution in [1.29, 1.82) is 0 Å². The van der Waals surface area contributed by atoms with Crippen molar-refractivity contribution < 1.29 is 19.1 Å². The van der Waals surface area contributed by atoms with Crippen LogP contribution in [0.15, 0.2) is 0 Å². The summed E-state index contributed by atoms with van der Waals surface area (Å²) in [4.78, 5) is 24.2. The standard InChI is InChI=1S/C15H30N2O4/c1-10-15(8,9)17(12(19)21-14(5,6)7)16-11(18)20-13(2,3)4/h10H2,1-9H3,(H,16,18). The van der Waals surface area contributed by atoms with Gasteiger partial charge >= 0.3 is 12.2 Å². The van der Waals surface area contributed by atoms with Crippen LogP contribution in [0, 0.1) is 0 Å². The maximum absolute atomic E-state index is 12.3. The molecule has 0 atom stereocenters. The first-order valence-corrected chi connectivity index (χ1v) is 7.21. The summed E-state index contributed by atoms with van der Waals surface area (Å²) in [7, 11) is 0. The van der Waals surface area contributed by atoms with Crippen LogP contribution in [-0.4, -0.2) is 33.9 Å². The Morgan fingerprint density at radius 1 is 0.905 bits per heavy atom. The summed E-state index contributed by atoms with van der Waals surface area (Å²) >= 11 is 0. The number of hydrazine groups is 1. The van der Waals surface area contributed by atoms with Crippen molar-refractivity contribution in [3.05, 3.63) is 0 Å². The monoisotopic (exact) mass is 302 g/mol. The van der Waals surface area contributed by atoms with Gasteiger partial charge < -0.3 is 9.47 Å². The molecule has 0 fully saturated rings. The lowest BCUT2D eigenvalue weighted by Gasteiger charge is -2.38. The van der Waals surface area contributed by atoms with Crippen LogP contribution in [0.25, 0.3) is 0 Å². The van der Waals surface area contributed by atoms with E-state index in [1.165, 1.54) is 5.01 Å². The highest BCUT2D eigenvalue weighted by molar-refractivity contribution is 5.75. The zero-order chi connectivity index (χ0) is 17.1. The maximum atomic E-state index is 12.3. The average Bonchev–Trinajstić information content (AvgIpc) is 2.20. The molecule has 21 heavy (non-hydrogen) atoms. The zero-order valence-corrected chi connectivity index (χ0v) is 14.8. The number of nitrogens with zero attached hydrogens (tertiary/aromatic N) is 1. The Bertz CT molecular complexity index is 378. The molecular formula is C15H30N2O4. The summed E-state index contributed by atoms with van der Waals surface area (Å²) < 4.78 is 10.5. The highest BCUT2D eigenvalue weighted by Gasteiger charge is 2.35. The molecule has 2 amide bonds. The van der Waals surface area contributed by atoms with Crippen molar-refractivity contribution in [2.24, 2.45) is 0 Å². The third kappa shape index (κ3) is 7.78. The number of nitrogens with one attached hydrogen (secondary N) is 1. The van der Waals surface area contributed by atoms with Crippen molar-refractivity contribution in [3.63, 3.8) is 0 Å². The summed E-state index contributed by atoms with van der Waals surface area (Å²) in [5.74, 6) is 0. The quantitative estimate of drug-likeness (QED) is 0.787. The lowest BCUT2D eigenvalue weighted by molar-refractivity contribution is -0.0253. The molecule has 0 unspecified atom stereocenters. The van der Waals surface area contributed by atoms with Crippen LogP contribution in [0.2, 0.25) is 0 Å². The van der Waals surface area contributed by atoms with Crippen LogP contribution in [-0.2, 0) is 9.47 Å². The smallest absolute Gasteiger partial charge is 0.429 e. The van der Waals surface area contributed by atoms with Crippen LogP contribution in [0.1, 0.15) is 68.7 Å². The molecule has 0 aliphatic heterocycles. The van der Waals surface area contributed by atoms with Crippen molar-refractivity contribution in [2.45, 2.75) is 85.5 Å². The highest BCUT2D eigenvalue weighted by Crippen LogP contribution is 2.20. The summed E-state index contributed by atoms with van der Waals surface area (Å²) in [5.41, 5.74) is 0.604. The predicted molar refractivity (Wildman–Crippen MR) is 81.8 cm³/mol. The Balaban J connectivity index is 5.10. The highest BCUT2D eigenvalue weighted by atomic mass is 16.6. The minimum absolute atomic E-state index is 0.598. The molecule has 0 aliphatic carbocycles. The summed E-state index contributed by atoms with van der Waals surface area (Å²) in [6, 6.07) is 0. The predicted octanol–water partition coefficient (Wildman–Crippen LogP) is 3.85. The van der Waals surface area contributed by atoms with E-state index in [4.69, 9.17) is 9.47 Å². The fraction of sp³-hybridized carbons (Fsp3) is 0.867. The third-order valence-electron chi connectivity index (χ3n) is 2.65. The Morgan fingerprint density at radius 2 is 1.33 bits per heavy atom. The van der Waals surface area contributed by atoms with Crippen molar-refractivity contribution >= 4 is 12.2 Å². The number of carbonyl (C=O) groups is 2. The van der Waals surface area contributed by atoms with Crippen molar-refractivity contribution in [1.82, 2.24) is 10.4 Å². The number of rotatable bonds is 2. The molecule has 0 aromatic heterocycles. The number of amides is 2. The molecule has 0 aromatic carbocycles. The minimum atomic E-state index is -0.685. The first kappa shape index (κ1) is 19.5. The Kier molecular flexibility index (Phi) is 6.08. The molecule has 0 radical (unpaired) electrons. The second kappa shape index (κ2) is 6.54. The molecule has 6 heteroatoms. The van der Waals surface area contributed by atoms with E-state index in [0.717, 1.165) is 0 Å². The lowest BCUT2D eigenvalue weighted by atomic mass is 10.0. The molecule has 0 bridgehead atoms. The Morgan fingerprint density at radius 3 is 1.67 bits per heavy atom. The molecular weight excluding hydrogens is 272 g/mol. The van der Waals surface area contributed by atoms with E-state index in [9.17, 15) is 9.59 Å². The van der Waals surface area contributed by atoms with Crippen LogP contribution in [0.3, 0.4) is 0 Å². The number of ether oxygens (including phenoxy) is 2. The van der Waals surface area contributed by atoms with E-state index in [1.807, 2.05) is 20.8 Å². The van der Waals surface area contributed by atoms with Gasteiger partial charge in [-0.05, 0) is 61.8 Å². The lowest BCUT2D eigenvalue weighted by Crippen LogP contribution is -2.58. The number of hydrogen-bond acceptors (Lipinski definition) is 4. The van der Waals surface area contributed by atoms with Gasteiger partial charge in [-0.15, -0.1) is 0 Å². The number of hydrogen-bond donors (Lipinski definition) is 1. The van der Waals surface area contributed by atoms with Gasteiger partial charge in [-0.3, -0.25) is 0 Å². The molecule has 0 aromatic rings. The SMILES string of the molecule is CCC(C)(C)N(NC(=O)OC(C)(C)C)C(=O)OC(C)(C)C. The second-order valence-corrected chi connectivity index (χ2v) is 7.60. The molecule has 124 valence electrons. The summed E-state index contributed by atoms with van der Waals surface area (Å²) in [6.45, 7) is 16.2. The normalized spacial score (nSPS) is 12.6. The van der Waals surface area contributed by atoms with Crippen LogP contribution in [0.4, 0.5) is 9.59 Å². The zero-order valence-electron chi connectivity index (χ0n) is 14.8. The van der Waals surface area contributed by atoms with Gasteiger partial charge in [0, 0.05) is 0 Å². The van der Waals surface area contributed by atoms with Gasteiger partial charge in [0.1, 0.15) is 11.2 Å². The fourth-order valence-electron chi connectivity index (χ4n) is 1.30. The van der Waals surface area contributed by atoms with Gasteiger partial charge in [0.25, 0.3) is 0 Å². The third-order valence-corrected chi connectivity index (χ3v) is 2.65. The van der Waals surface area contributed by atoms with E-state index in [2.05, 4.69) is 5.43 Å². The topological polar surface area (TPSA) is 67.9 Å². The van der Waals surface area contributed by atoms with E-state index in [-0.39, 0.29) is 0 Å². The molecule has 0 saturated heterocycles. The van der Waals surface area contributed by atoms with Gasteiger partial charge in [0.15, 0.2) is 0 Å². The molecule has 0 aliphatic rings. The summed E-state index contributed by atoms with van der Waals surface area (Å²) in [5, 5.41) is 1.19. The van der Waals surface area contributed by atoms with Gasteiger partial charge in [-0.25, -0.2) is 20.0 Å². The first-order valence-electron chi connectivity index (χ1n) is 7.21. The largest absolute Gasteiger partial charge is 0.443 e. The first-order chi connectivity index (χ1) is 9.18. The van der Waals surface area contributed by atoms with E-state index in [1.54, 1.807) is 41.5 Å². The van der Waals surface area contributed by atoms with Gasteiger partial charge in [0.05, 0.1) is 5.54 Å². The molecule has 0 rings (SSSR count). The molecule has 0 saturated carbocycles. The molecule has 1 N–H and O–H groups in total. The minimum Gasteiger partial charge on any atom is -0.443 e. The van der Waals surface area contributed by atoms with Gasteiger partial charge in [-0.2, -0.15) is 0 Å². The Hall–Kier alpha value is -1.46. The van der Waals surface area contributed by atoms with Gasteiger partial charge in [-0.1, -0.05) is 6.92 Å². The summed E-state index contributed by atoms with van der Waals surface area (Å²) in [6.07, 6.45) is -0.655. The van der Waals surface area contributed by atoms with Crippen LogP contribution >= 0.6 is 0 Å². The maximum Gasteiger partial charge on any atom is 0.429 e. The second-order valence-electron chi connectivity index (χ2n) is 7.60. The van der Waals surface area contributed by atoms with Gasteiger partial charge in [0.2, 0.25) is 0 Å². The Labute approximate surface area is 128 Å². The fourth-order valence-corrected chi connectivity index (χ4v) is 1.30. The van der Waals surface area contributed by atoms with E-state index >= 15 is 0 Å². The molecule has 6 nitrogen and oxygen atoms in total. The number of carbonyl (C=O) groups excluding carboxylic acids is 2. The van der Waals surface area contributed by atoms with E-state index in [0.29, 0.717) is 6.42 Å². The van der Waals surface area contributed by atoms with Crippen LogP contribution in [0.5, 0.6) is 0 Å². The average molecular weight is 302 g/mol. The van der Waals surface area contributed by atoms with E-state index < -0.39 is 28.9 Å². The van der Waals surface area contributed by atoms with Crippen molar-refractivity contribution in [2.75, 3.05) is 0 Å². The molecule has 0 spiro atoms. The van der Waals surface area contributed by atoms with Crippen LogP contribution < -0.4 is 5.43 Å².